The van der Waals surface area contributed by atoms with E-state index in [1.54, 1.807) is 0 Å². The van der Waals surface area contributed by atoms with Crippen LogP contribution in [0.15, 0.2) is 0 Å². The Morgan fingerprint density at radius 3 is 2.26 bits per heavy atom. The van der Waals surface area contributed by atoms with Crippen LogP contribution >= 0.6 is 0 Å². The van der Waals surface area contributed by atoms with Gasteiger partial charge >= 0.3 is 0 Å². The van der Waals surface area contributed by atoms with Crippen LogP contribution in [0.3, 0.4) is 0 Å². The third-order valence-corrected chi connectivity index (χ3v) is 12.2. The Balaban J connectivity index is 0.00000272. The summed E-state index contributed by atoms with van der Waals surface area (Å²) in [5, 5.41) is 0. The summed E-state index contributed by atoms with van der Waals surface area (Å²) in [6.07, 6.45) is 15.9. The smallest absolute Gasteiger partial charge is 0 e. The van der Waals surface area contributed by atoms with Crippen molar-refractivity contribution in [1.29, 1.82) is 0 Å². The minimum atomic E-state index is 0. The second kappa shape index (κ2) is 10.00. The van der Waals surface area contributed by atoms with Crippen LogP contribution in [-0.4, -0.2) is 0 Å². The number of fused-ring (bicyclic) bond motifs is 5. The third-order valence-electron chi connectivity index (χ3n) is 12.2. The molecule has 0 aromatic rings. The summed E-state index contributed by atoms with van der Waals surface area (Å²) >= 11 is 0. The molecule has 11 atom stereocenters. The first-order valence-electron chi connectivity index (χ1n) is 14.0. The van der Waals surface area contributed by atoms with Crippen molar-refractivity contribution in [3.8, 4) is 0 Å². The number of hydrogen-bond donors (Lipinski definition) is 0. The Hall–Kier alpha value is 1.10. The van der Waals surface area contributed by atoms with Gasteiger partial charge in [0.1, 0.15) is 0 Å². The van der Waals surface area contributed by atoms with Gasteiger partial charge in [-0.15, -0.1) is 0 Å². The zero-order valence-corrected chi connectivity index (χ0v) is 25.1. The molecule has 10 unspecified atom stereocenters. The zero-order valence-electron chi connectivity index (χ0n) is 22.3. The van der Waals surface area contributed by atoms with E-state index in [1.807, 2.05) is 0 Å². The summed E-state index contributed by atoms with van der Waals surface area (Å²) < 4.78 is 0. The molecule has 4 aliphatic rings. The van der Waals surface area contributed by atoms with Gasteiger partial charge in [-0.05, 0) is 96.2 Å². The normalized spacial score (nSPS) is 50.2. The third kappa shape index (κ3) is 4.32. The fourth-order valence-electron chi connectivity index (χ4n) is 10.3. The maximum atomic E-state index is 2.77. The van der Waals surface area contributed by atoms with Gasteiger partial charge in [-0.25, -0.2) is 0 Å². The van der Waals surface area contributed by atoms with Gasteiger partial charge < -0.3 is 6.42 Å². The van der Waals surface area contributed by atoms with E-state index in [0.29, 0.717) is 10.8 Å². The second-order valence-electron chi connectivity index (χ2n) is 13.6. The van der Waals surface area contributed by atoms with Gasteiger partial charge in [0, 0.05) is 32.7 Å². The van der Waals surface area contributed by atoms with E-state index >= 15 is 0 Å². The second-order valence-corrected chi connectivity index (χ2v) is 13.6. The molecule has 177 valence electrons. The van der Waals surface area contributed by atoms with E-state index in [9.17, 15) is 0 Å². The molecule has 0 aromatic heterocycles. The average Bonchev–Trinajstić information content (AvgIpc) is 3.05. The molecule has 4 aliphatic carbocycles. The molecule has 1 heteroatoms. The van der Waals surface area contributed by atoms with E-state index < -0.39 is 0 Å². The van der Waals surface area contributed by atoms with Gasteiger partial charge in [-0.2, -0.15) is 12.3 Å². The molecule has 0 aromatic carbocycles. The minimum absolute atomic E-state index is 0. The van der Waals surface area contributed by atoms with Crippen molar-refractivity contribution >= 4 is 0 Å². The quantitative estimate of drug-likeness (QED) is 0.329. The molecule has 4 fully saturated rings. The molecule has 31 heavy (non-hydrogen) atoms. The van der Waals surface area contributed by atoms with Crippen LogP contribution in [-0.2, 0) is 32.7 Å². The number of rotatable bonds is 5. The summed E-state index contributed by atoms with van der Waals surface area (Å²) in [5.41, 5.74) is 1.23. The average molecular weight is 503 g/mol. The van der Waals surface area contributed by atoms with Gasteiger partial charge in [-0.3, -0.25) is 0 Å². The SMILES string of the molecule is CC(C)[CH-]CC[C@@H](C)C1CCC2C3C(C)C(C)C4CCCCC4(C)C3CC(C)C21C.[Y]. The minimum Gasteiger partial charge on any atom is -0.326 e. The molecule has 0 heterocycles. The van der Waals surface area contributed by atoms with Gasteiger partial charge in [0.15, 0.2) is 0 Å². The fraction of sp³-hybridized carbons (Fsp3) is 0.967. The molecule has 0 saturated heterocycles. The Labute approximate surface area is 221 Å². The van der Waals surface area contributed by atoms with E-state index in [0.717, 1.165) is 59.2 Å². The van der Waals surface area contributed by atoms with Crippen LogP contribution in [0.5, 0.6) is 0 Å². The fourth-order valence-corrected chi connectivity index (χ4v) is 10.3. The molecule has 1 radical (unpaired) electrons. The van der Waals surface area contributed by atoms with Crippen LogP contribution in [0.25, 0.3) is 0 Å². The van der Waals surface area contributed by atoms with Gasteiger partial charge in [0.2, 0.25) is 0 Å². The van der Waals surface area contributed by atoms with E-state index in [2.05, 4.69) is 61.8 Å². The molecular formula is C30H53Y-. The molecule has 4 rings (SSSR count). The molecule has 0 N–H and O–H groups in total. The summed E-state index contributed by atoms with van der Waals surface area (Å²) in [6, 6.07) is 0. The van der Waals surface area contributed by atoms with Crippen molar-refractivity contribution in [2.75, 3.05) is 0 Å². The Bertz CT molecular complexity index is 597. The van der Waals surface area contributed by atoms with Crippen molar-refractivity contribution in [2.24, 2.45) is 70.0 Å². The summed E-state index contributed by atoms with van der Waals surface area (Å²) in [4.78, 5) is 0. The van der Waals surface area contributed by atoms with Gasteiger partial charge in [0.05, 0.1) is 0 Å². The predicted molar refractivity (Wildman–Crippen MR) is 131 cm³/mol. The monoisotopic (exact) mass is 502 g/mol. The van der Waals surface area contributed by atoms with Crippen LogP contribution in [0, 0.1) is 76.4 Å². The molecular weight excluding hydrogens is 449 g/mol. The van der Waals surface area contributed by atoms with Gasteiger partial charge in [0.25, 0.3) is 0 Å². The number of hydrogen-bond acceptors (Lipinski definition) is 0. The molecule has 4 saturated carbocycles. The van der Waals surface area contributed by atoms with Crippen molar-refractivity contribution in [3.63, 3.8) is 0 Å². The Morgan fingerprint density at radius 1 is 0.871 bits per heavy atom. The van der Waals surface area contributed by atoms with Crippen LogP contribution in [0.2, 0.25) is 0 Å². The Kier molecular flexibility index (Phi) is 8.61. The van der Waals surface area contributed by atoms with Crippen LogP contribution in [0.4, 0.5) is 0 Å². The van der Waals surface area contributed by atoms with Crippen molar-refractivity contribution < 1.29 is 32.7 Å². The predicted octanol–water partition coefficient (Wildman–Crippen LogP) is 9.05. The van der Waals surface area contributed by atoms with Crippen LogP contribution < -0.4 is 0 Å². The Morgan fingerprint density at radius 2 is 1.58 bits per heavy atom. The molecule has 0 aliphatic heterocycles. The first-order valence-corrected chi connectivity index (χ1v) is 14.0. The summed E-state index contributed by atoms with van der Waals surface area (Å²) in [6.45, 7) is 20.8. The molecule has 0 bridgehead atoms. The molecule has 0 amide bonds. The van der Waals surface area contributed by atoms with Crippen molar-refractivity contribution in [1.82, 2.24) is 0 Å². The topological polar surface area (TPSA) is 0 Å². The van der Waals surface area contributed by atoms with Crippen molar-refractivity contribution in [2.45, 2.75) is 113 Å². The van der Waals surface area contributed by atoms with Gasteiger partial charge in [-0.1, -0.05) is 74.7 Å². The van der Waals surface area contributed by atoms with Crippen LogP contribution in [0.1, 0.15) is 113 Å². The van der Waals surface area contributed by atoms with Crippen molar-refractivity contribution in [3.05, 3.63) is 6.42 Å². The molecule has 0 nitrogen and oxygen atoms in total. The maximum Gasteiger partial charge on any atom is 0 e. The maximum absolute atomic E-state index is 2.77. The zero-order chi connectivity index (χ0) is 21.8. The molecule has 0 spiro atoms. The first kappa shape index (κ1) is 26.7. The van der Waals surface area contributed by atoms with E-state index in [1.165, 1.54) is 57.8 Å². The largest absolute Gasteiger partial charge is 0.326 e. The van der Waals surface area contributed by atoms with E-state index in [-0.39, 0.29) is 32.7 Å². The standard InChI is InChI=1S/C30H53.Y/c1-19(2)12-11-13-20(3)24-15-16-26-28-23(6)22(5)25-14-9-10-17-29(25,7)27(28)18-21(4)30(24,26)8;/h12,19-28H,9-11,13-18H2,1-8H3;/q-1;/t20-,21?,22?,23?,24?,25?,26?,27?,28?,29?,30?;/m1./s1. The summed E-state index contributed by atoms with van der Waals surface area (Å²) in [7, 11) is 0. The summed E-state index contributed by atoms with van der Waals surface area (Å²) in [5.74, 6) is 9.37. The van der Waals surface area contributed by atoms with E-state index in [4.69, 9.17) is 0 Å². The first-order chi connectivity index (χ1) is 14.1.